The summed E-state index contributed by atoms with van der Waals surface area (Å²) >= 11 is 7.30. The first-order chi connectivity index (χ1) is 26.9. The van der Waals surface area contributed by atoms with Crippen LogP contribution in [0.3, 0.4) is 0 Å². The van der Waals surface area contributed by atoms with Crippen LogP contribution in [0.5, 0.6) is 17.2 Å². The minimum atomic E-state index is -0.644. The molecule has 0 saturated carbocycles. The highest BCUT2D eigenvalue weighted by atomic mass is 35.5. The number of carbonyl (C=O) groups is 2. The lowest BCUT2D eigenvalue weighted by Gasteiger charge is -2.40. The lowest BCUT2D eigenvalue weighted by molar-refractivity contribution is 0.000952. The Kier molecular flexibility index (Phi) is 11.5. The van der Waals surface area contributed by atoms with Crippen molar-refractivity contribution in [3.63, 3.8) is 0 Å². The highest BCUT2D eigenvalue weighted by Crippen LogP contribution is 2.44. The van der Waals surface area contributed by atoms with Crippen LogP contribution in [0.25, 0.3) is 11.4 Å². The van der Waals surface area contributed by atoms with E-state index in [0.29, 0.717) is 75.3 Å². The number of pyridine rings is 2. The smallest absolute Gasteiger partial charge is 0.410 e. The Morgan fingerprint density at radius 3 is 2.12 bits per heavy atom. The summed E-state index contributed by atoms with van der Waals surface area (Å²) in [6.07, 6.45) is -0.420. The summed E-state index contributed by atoms with van der Waals surface area (Å²) in [6.45, 7) is 11.7. The van der Waals surface area contributed by atoms with Crippen molar-refractivity contribution < 1.29 is 33.3 Å². The second-order valence-corrected chi connectivity index (χ2v) is 15.6. The van der Waals surface area contributed by atoms with E-state index in [2.05, 4.69) is 9.80 Å². The van der Waals surface area contributed by atoms with Crippen LogP contribution in [0.1, 0.15) is 47.8 Å². The predicted molar refractivity (Wildman–Crippen MR) is 214 cm³/mol. The normalized spacial score (nSPS) is 17.0. The molecule has 1 atom stereocenters. The molecular formula is C42H49ClN6O7. The fourth-order valence-corrected chi connectivity index (χ4v) is 7.45. The summed E-state index contributed by atoms with van der Waals surface area (Å²) in [5.41, 5.74) is 3.73. The van der Waals surface area contributed by atoms with E-state index in [4.69, 9.17) is 45.3 Å². The van der Waals surface area contributed by atoms with Crippen molar-refractivity contribution in [3.8, 4) is 28.6 Å². The molecule has 0 unspecified atom stereocenters. The van der Waals surface area contributed by atoms with Crippen molar-refractivity contribution in [2.24, 2.45) is 0 Å². The molecule has 0 spiro atoms. The van der Waals surface area contributed by atoms with Gasteiger partial charge in [0.2, 0.25) is 0 Å². The zero-order valence-corrected chi connectivity index (χ0v) is 33.6. The Hall–Kier alpha value is -5.27. The summed E-state index contributed by atoms with van der Waals surface area (Å²) in [6, 6.07) is 19.6. The van der Waals surface area contributed by atoms with Gasteiger partial charge >= 0.3 is 6.09 Å². The van der Waals surface area contributed by atoms with Crippen LogP contribution in [-0.2, 0) is 22.6 Å². The van der Waals surface area contributed by atoms with Gasteiger partial charge in [-0.1, -0.05) is 35.9 Å². The third kappa shape index (κ3) is 8.58. The quantitative estimate of drug-likeness (QED) is 0.182. The van der Waals surface area contributed by atoms with Crippen molar-refractivity contribution in [2.45, 2.75) is 52.4 Å². The summed E-state index contributed by atoms with van der Waals surface area (Å²) in [7, 11) is 3.31. The fraction of sp³-hybridized carbons (Fsp3) is 0.429. The van der Waals surface area contributed by atoms with Crippen LogP contribution in [0.15, 0.2) is 60.7 Å². The fourth-order valence-electron chi connectivity index (χ4n) is 7.17. The molecule has 5 heterocycles. The van der Waals surface area contributed by atoms with Crippen molar-refractivity contribution in [3.05, 3.63) is 87.9 Å². The van der Waals surface area contributed by atoms with Crippen molar-refractivity contribution in [1.82, 2.24) is 19.8 Å². The van der Waals surface area contributed by atoms with Crippen LogP contribution in [-0.4, -0.2) is 110 Å². The first-order valence-electron chi connectivity index (χ1n) is 18.9. The summed E-state index contributed by atoms with van der Waals surface area (Å²) in [5, 5.41) is 0.204. The molecule has 7 rings (SSSR count). The van der Waals surface area contributed by atoms with Crippen LogP contribution in [0, 0.1) is 6.92 Å². The number of rotatable bonds is 9. The number of hydrogen-bond donors (Lipinski definition) is 0. The molecule has 0 bridgehead atoms. The molecule has 14 heteroatoms. The number of aryl methyl sites for hydroxylation is 1. The van der Waals surface area contributed by atoms with E-state index in [9.17, 15) is 9.59 Å². The largest absolute Gasteiger partial charge is 0.497 e. The average Bonchev–Trinajstić information content (AvgIpc) is 3.34. The number of amides is 2. The third-order valence-corrected chi connectivity index (χ3v) is 10.4. The van der Waals surface area contributed by atoms with Crippen LogP contribution in [0.4, 0.5) is 16.4 Å². The average molecular weight is 785 g/mol. The number of carbonyl (C=O) groups excluding carboxylic acids is 2. The van der Waals surface area contributed by atoms with Gasteiger partial charge in [0.1, 0.15) is 51.6 Å². The number of methoxy groups -OCH3 is 2. The van der Waals surface area contributed by atoms with E-state index in [0.717, 1.165) is 34.0 Å². The van der Waals surface area contributed by atoms with Gasteiger partial charge in [0.05, 0.1) is 39.2 Å². The predicted octanol–water partition coefficient (Wildman–Crippen LogP) is 6.62. The number of piperazine rings is 1. The van der Waals surface area contributed by atoms with Gasteiger partial charge in [-0.15, -0.1) is 0 Å². The molecule has 2 aromatic heterocycles. The zero-order valence-electron chi connectivity index (χ0n) is 32.8. The number of nitrogens with zero attached hydrogens (tertiary/aromatic N) is 6. The van der Waals surface area contributed by atoms with Gasteiger partial charge in [-0.3, -0.25) is 4.79 Å². The van der Waals surface area contributed by atoms with E-state index in [1.165, 1.54) is 0 Å². The topological polar surface area (TPSA) is 119 Å². The molecule has 2 amide bonds. The summed E-state index contributed by atoms with van der Waals surface area (Å²) in [5.74, 6) is 2.79. The van der Waals surface area contributed by atoms with Gasteiger partial charge in [0.25, 0.3) is 5.91 Å². The summed E-state index contributed by atoms with van der Waals surface area (Å²) < 4.78 is 28.7. The Balaban J connectivity index is 1.28. The number of benzene rings is 2. The van der Waals surface area contributed by atoms with E-state index < -0.39 is 17.7 Å². The number of ether oxygens (including phenoxy) is 5. The molecule has 4 aromatic rings. The van der Waals surface area contributed by atoms with Gasteiger partial charge in [0, 0.05) is 45.8 Å². The molecular weight excluding hydrogens is 736 g/mol. The monoisotopic (exact) mass is 784 g/mol. The first-order valence-corrected chi connectivity index (χ1v) is 19.3. The van der Waals surface area contributed by atoms with E-state index >= 15 is 0 Å². The number of fused-ring (bicyclic) bond motifs is 2. The molecule has 56 heavy (non-hydrogen) atoms. The molecule has 296 valence electrons. The van der Waals surface area contributed by atoms with Gasteiger partial charge in [0.15, 0.2) is 5.75 Å². The zero-order chi connectivity index (χ0) is 39.6. The molecule has 0 N–H and O–H groups in total. The van der Waals surface area contributed by atoms with Gasteiger partial charge in [-0.2, -0.15) is 0 Å². The highest BCUT2D eigenvalue weighted by molar-refractivity contribution is 6.35. The maximum Gasteiger partial charge on any atom is 0.410 e. The van der Waals surface area contributed by atoms with Gasteiger partial charge < -0.3 is 43.3 Å². The lowest BCUT2D eigenvalue weighted by atomic mass is 10.1. The van der Waals surface area contributed by atoms with Crippen LogP contribution in [0.2, 0.25) is 5.02 Å². The third-order valence-electron chi connectivity index (χ3n) is 10.0. The van der Waals surface area contributed by atoms with Crippen molar-refractivity contribution >= 4 is 35.2 Å². The van der Waals surface area contributed by atoms with Crippen molar-refractivity contribution in [1.29, 1.82) is 0 Å². The standard InChI is InChI=1S/C42H49ClN6O7/c1-27-21-33(44-34(22-27)48(23-28-7-11-31(52-5)12-8-28)24-29-9-13-32(53-6)14-10-29)37-36(43)38-35(39(45-37)46-17-19-54-20-18-46)40(50)49-16-15-47(25-30(49)26-55-38)41(51)56-42(2,3)4/h7-14,21-22,30H,15-20,23-26H2,1-6H3/t30-/m1/s1. The first kappa shape index (κ1) is 39.0. The minimum absolute atomic E-state index is 0.133. The van der Waals surface area contributed by atoms with Gasteiger partial charge in [-0.25, -0.2) is 14.8 Å². The number of morpholine rings is 1. The summed E-state index contributed by atoms with van der Waals surface area (Å²) in [4.78, 5) is 45.7. The number of anilines is 2. The van der Waals surface area contributed by atoms with Gasteiger partial charge in [-0.05, 0) is 80.8 Å². The molecule has 0 radical (unpaired) electrons. The maximum absolute atomic E-state index is 14.6. The Morgan fingerprint density at radius 2 is 1.54 bits per heavy atom. The molecule has 13 nitrogen and oxygen atoms in total. The minimum Gasteiger partial charge on any atom is -0.497 e. The molecule has 2 saturated heterocycles. The number of aromatic nitrogens is 2. The van der Waals surface area contributed by atoms with E-state index in [1.807, 2.05) is 88.4 Å². The molecule has 3 aliphatic rings. The Labute approximate surface area is 333 Å². The molecule has 2 fully saturated rings. The molecule has 2 aromatic carbocycles. The SMILES string of the molecule is COc1ccc(CN(Cc2ccc(OC)cc2)c2cc(C)cc(-c3nc(N4CCOCC4)c4c(c3Cl)OC[C@H]3CN(C(=O)OC(C)(C)C)CCN3C4=O)n2)cc1. The van der Waals surface area contributed by atoms with Crippen LogP contribution >= 0.6 is 11.6 Å². The molecule has 3 aliphatic heterocycles. The second-order valence-electron chi connectivity index (χ2n) is 15.2. The Morgan fingerprint density at radius 1 is 0.911 bits per heavy atom. The lowest BCUT2D eigenvalue weighted by Crippen LogP contribution is -2.58. The van der Waals surface area contributed by atoms with E-state index in [1.54, 1.807) is 24.0 Å². The van der Waals surface area contributed by atoms with Crippen LogP contribution < -0.4 is 24.0 Å². The second kappa shape index (κ2) is 16.4. The molecule has 0 aliphatic carbocycles. The highest BCUT2D eigenvalue weighted by Gasteiger charge is 2.41. The number of halogens is 1. The maximum atomic E-state index is 14.6. The number of hydrogen-bond acceptors (Lipinski definition) is 11. The van der Waals surface area contributed by atoms with E-state index in [-0.39, 0.29) is 29.8 Å². The Bertz CT molecular complexity index is 2000. The van der Waals surface area contributed by atoms with Crippen molar-refractivity contribution in [2.75, 3.05) is 76.6 Å².